The van der Waals surface area contributed by atoms with Crippen molar-refractivity contribution in [1.82, 2.24) is 5.32 Å². The minimum absolute atomic E-state index is 0.0916. The Morgan fingerprint density at radius 1 is 1.38 bits per heavy atom. The molecule has 5 heteroatoms. The van der Waals surface area contributed by atoms with Crippen molar-refractivity contribution in [1.29, 1.82) is 0 Å². The molecule has 0 bridgehead atoms. The van der Waals surface area contributed by atoms with Crippen molar-refractivity contribution in [3.8, 4) is 0 Å². The molecule has 0 aromatic carbocycles. The molecule has 0 aliphatic rings. The zero-order valence-corrected chi connectivity index (χ0v) is 10.4. The number of carbonyl (C=O) groups is 2. The normalized spacial score (nSPS) is 15.3. The molecule has 1 amide bonds. The maximum atomic E-state index is 11.6. The Labute approximate surface area is 96.4 Å². The molecule has 94 valence electrons. The molecule has 4 N–H and O–H groups in total. The van der Waals surface area contributed by atoms with Crippen molar-refractivity contribution in [2.24, 2.45) is 11.1 Å². The molecule has 0 heterocycles. The summed E-state index contributed by atoms with van der Waals surface area (Å²) in [5, 5.41) is 11.5. The van der Waals surface area contributed by atoms with E-state index < -0.39 is 18.1 Å². The number of carboxylic acid groups (broad SMARTS) is 1. The van der Waals surface area contributed by atoms with Gasteiger partial charge in [-0.05, 0) is 11.8 Å². The molecule has 1 unspecified atom stereocenters. The highest BCUT2D eigenvalue weighted by Crippen LogP contribution is 2.21. The summed E-state index contributed by atoms with van der Waals surface area (Å²) in [4.78, 5) is 22.3. The van der Waals surface area contributed by atoms with E-state index in [0.717, 1.165) is 0 Å². The number of hydrogen-bond acceptors (Lipinski definition) is 3. The van der Waals surface area contributed by atoms with Gasteiger partial charge in [-0.3, -0.25) is 9.59 Å². The molecule has 5 nitrogen and oxygen atoms in total. The van der Waals surface area contributed by atoms with Crippen molar-refractivity contribution in [3.63, 3.8) is 0 Å². The summed E-state index contributed by atoms with van der Waals surface area (Å²) in [6, 6.07) is -0.978. The Kier molecular flexibility index (Phi) is 5.44. The van der Waals surface area contributed by atoms with Gasteiger partial charge in [0.15, 0.2) is 0 Å². The number of rotatable bonds is 5. The number of aliphatic carboxylic acids is 1. The number of nitrogens with one attached hydrogen (secondary N) is 1. The van der Waals surface area contributed by atoms with Crippen LogP contribution in [-0.4, -0.2) is 29.1 Å². The topological polar surface area (TPSA) is 92.4 Å². The SMILES string of the molecule is CC[C@H](N)C(=O)NC(CC(=O)O)C(C)(C)C. The van der Waals surface area contributed by atoms with Crippen LogP contribution in [0.2, 0.25) is 0 Å². The maximum absolute atomic E-state index is 11.6. The summed E-state index contributed by atoms with van der Waals surface area (Å²) in [5.74, 6) is -1.21. The number of amides is 1. The fourth-order valence-corrected chi connectivity index (χ4v) is 1.21. The Balaban J connectivity index is 4.56. The van der Waals surface area contributed by atoms with E-state index in [4.69, 9.17) is 10.8 Å². The lowest BCUT2D eigenvalue weighted by molar-refractivity contribution is -0.138. The van der Waals surface area contributed by atoms with Crippen molar-refractivity contribution in [3.05, 3.63) is 0 Å². The van der Waals surface area contributed by atoms with E-state index in [1.165, 1.54) is 0 Å². The second kappa shape index (κ2) is 5.84. The first kappa shape index (κ1) is 14.9. The van der Waals surface area contributed by atoms with Gasteiger partial charge in [0.2, 0.25) is 5.91 Å². The largest absolute Gasteiger partial charge is 0.481 e. The fourth-order valence-electron chi connectivity index (χ4n) is 1.21. The molecule has 0 aromatic rings. The predicted octanol–water partition coefficient (Wildman–Crippen LogP) is 0.729. The Morgan fingerprint density at radius 3 is 2.19 bits per heavy atom. The lowest BCUT2D eigenvalue weighted by atomic mass is 9.84. The molecule has 0 spiro atoms. The second-order valence-corrected chi connectivity index (χ2v) is 5.04. The van der Waals surface area contributed by atoms with Gasteiger partial charge in [-0.15, -0.1) is 0 Å². The molecule has 0 aromatic heterocycles. The second-order valence-electron chi connectivity index (χ2n) is 5.04. The first-order valence-corrected chi connectivity index (χ1v) is 5.46. The van der Waals surface area contributed by atoms with Crippen LogP contribution < -0.4 is 11.1 Å². The first-order chi connectivity index (χ1) is 7.18. The van der Waals surface area contributed by atoms with Gasteiger partial charge in [0, 0.05) is 6.04 Å². The van der Waals surface area contributed by atoms with E-state index in [0.29, 0.717) is 6.42 Å². The third-order valence-electron chi connectivity index (χ3n) is 2.52. The molecule has 0 aliphatic heterocycles. The zero-order valence-electron chi connectivity index (χ0n) is 10.4. The van der Waals surface area contributed by atoms with E-state index in [1.54, 1.807) is 0 Å². The molecule has 0 fully saturated rings. The van der Waals surface area contributed by atoms with E-state index in [9.17, 15) is 9.59 Å². The summed E-state index contributed by atoms with van der Waals surface area (Å²) in [6.45, 7) is 7.47. The average Bonchev–Trinajstić information content (AvgIpc) is 2.13. The third-order valence-corrected chi connectivity index (χ3v) is 2.52. The fraction of sp³-hybridized carbons (Fsp3) is 0.818. The van der Waals surface area contributed by atoms with Gasteiger partial charge in [-0.1, -0.05) is 27.7 Å². The van der Waals surface area contributed by atoms with Crippen LogP contribution in [0.1, 0.15) is 40.5 Å². The van der Waals surface area contributed by atoms with Crippen molar-refractivity contribution < 1.29 is 14.7 Å². The Morgan fingerprint density at radius 2 is 1.88 bits per heavy atom. The summed E-state index contributed by atoms with van der Waals surface area (Å²) in [6.07, 6.45) is 0.446. The molecular weight excluding hydrogens is 208 g/mol. The molecule has 2 atom stereocenters. The van der Waals surface area contributed by atoms with E-state index in [2.05, 4.69) is 5.32 Å². The number of carboxylic acids is 1. The molecule has 0 aliphatic carbocycles. The van der Waals surface area contributed by atoms with Gasteiger partial charge in [0.1, 0.15) is 0 Å². The number of hydrogen-bond donors (Lipinski definition) is 3. The van der Waals surface area contributed by atoms with E-state index >= 15 is 0 Å². The van der Waals surface area contributed by atoms with Crippen LogP contribution >= 0.6 is 0 Å². The number of carbonyl (C=O) groups excluding carboxylic acids is 1. The molecule has 0 saturated carbocycles. The molecule has 0 saturated heterocycles. The Hall–Kier alpha value is -1.10. The van der Waals surface area contributed by atoms with Crippen LogP contribution in [-0.2, 0) is 9.59 Å². The highest BCUT2D eigenvalue weighted by molar-refractivity contribution is 5.82. The first-order valence-electron chi connectivity index (χ1n) is 5.46. The van der Waals surface area contributed by atoms with Crippen LogP contribution in [0.25, 0.3) is 0 Å². The minimum Gasteiger partial charge on any atom is -0.481 e. The van der Waals surface area contributed by atoms with Crippen LogP contribution in [0, 0.1) is 5.41 Å². The average molecular weight is 230 g/mol. The van der Waals surface area contributed by atoms with Gasteiger partial charge < -0.3 is 16.2 Å². The summed E-state index contributed by atoms with van der Waals surface area (Å²) >= 11 is 0. The van der Waals surface area contributed by atoms with Gasteiger partial charge in [-0.25, -0.2) is 0 Å². The summed E-state index contributed by atoms with van der Waals surface area (Å²) in [7, 11) is 0. The van der Waals surface area contributed by atoms with Crippen LogP contribution in [0.4, 0.5) is 0 Å². The lowest BCUT2D eigenvalue weighted by Gasteiger charge is -2.31. The van der Waals surface area contributed by atoms with E-state index in [-0.39, 0.29) is 17.7 Å². The minimum atomic E-state index is -0.926. The van der Waals surface area contributed by atoms with Crippen molar-refractivity contribution in [2.75, 3.05) is 0 Å². The van der Waals surface area contributed by atoms with Crippen LogP contribution in [0.15, 0.2) is 0 Å². The molecule has 0 radical (unpaired) electrons. The highest BCUT2D eigenvalue weighted by Gasteiger charge is 2.29. The highest BCUT2D eigenvalue weighted by atomic mass is 16.4. The van der Waals surface area contributed by atoms with Crippen molar-refractivity contribution >= 4 is 11.9 Å². The van der Waals surface area contributed by atoms with Crippen molar-refractivity contribution in [2.45, 2.75) is 52.6 Å². The Bertz CT molecular complexity index is 258. The van der Waals surface area contributed by atoms with Gasteiger partial charge in [-0.2, -0.15) is 0 Å². The molecular formula is C11H22N2O3. The molecule has 16 heavy (non-hydrogen) atoms. The standard InChI is InChI=1S/C11H22N2O3/c1-5-7(12)10(16)13-8(6-9(14)15)11(2,3)4/h7-8H,5-6,12H2,1-4H3,(H,13,16)(H,14,15)/t7-,8?/m0/s1. The monoisotopic (exact) mass is 230 g/mol. The number of nitrogens with two attached hydrogens (primary N) is 1. The van der Waals surface area contributed by atoms with Crippen LogP contribution in [0.3, 0.4) is 0 Å². The van der Waals surface area contributed by atoms with Gasteiger partial charge in [0.05, 0.1) is 12.5 Å². The third kappa shape index (κ3) is 5.11. The smallest absolute Gasteiger partial charge is 0.305 e. The van der Waals surface area contributed by atoms with Gasteiger partial charge >= 0.3 is 5.97 Å². The van der Waals surface area contributed by atoms with Gasteiger partial charge in [0.25, 0.3) is 0 Å². The zero-order chi connectivity index (χ0) is 12.9. The molecule has 0 rings (SSSR count). The maximum Gasteiger partial charge on any atom is 0.305 e. The quantitative estimate of drug-likeness (QED) is 0.649. The summed E-state index contributed by atoms with van der Waals surface area (Å²) in [5.41, 5.74) is 5.28. The van der Waals surface area contributed by atoms with E-state index in [1.807, 2.05) is 27.7 Å². The predicted molar refractivity (Wildman–Crippen MR) is 61.9 cm³/mol. The van der Waals surface area contributed by atoms with Crippen LogP contribution in [0.5, 0.6) is 0 Å². The lowest BCUT2D eigenvalue weighted by Crippen LogP contribution is -2.50. The summed E-state index contributed by atoms with van der Waals surface area (Å²) < 4.78 is 0.